The molecule has 4 heteroatoms. The van der Waals surface area contributed by atoms with Crippen molar-refractivity contribution < 1.29 is 4.79 Å². The summed E-state index contributed by atoms with van der Waals surface area (Å²) in [7, 11) is 0. The molecule has 0 aliphatic carbocycles. The topological polar surface area (TPSA) is 41.8 Å². The normalized spacial score (nSPS) is 15.6. The highest BCUT2D eigenvalue weighted by Gasteiger charge is 2.09. The molecule has 1 aromatic heterocycles. The Balaban J connectivity index is 2.40. The minimum atomic E-state index is -0.411. The van der Waals surface area contributed by atoms with E-state index in [4.69, 9.17) is 0 Å². The lowest BCUT2D eigenvalue weighted by atomic mass is 10.2. The van der Waals surface area contributed by atoms with Crippen LogP contribution in [0.1, 0.15) is 5.56 Å². The average Bonchev–Trinajstić information content (AvgIpc) is 2.55. The molecule has 11 heavy (non-hydrogen) atoms. The van der Waals surface area contributed by atoms with Gasteiger partial charge >= 0.3 is 6.03 Å². The van der Waals surface area contributed by atoms with Crippen LogP contribution in [0.4, 0.5) is 4.79 Å². The number of thiophene rings is 1. The highest BCUT2D eigenvalue weighted by molar-refractivity contribution is 7.08. The van der Waals surface area contributed by atoms with Crippen LogP contribution in [0, 0.1) is 0 Å². The average molecular weight is 164 g/mol. The second-order valence-electron chi connectivity index (χ2n) is 2.05. The first-order valence-corrected chi connectivity index (χ1v) is 4.00. The lowest BCUT2D eigenvalue weighted by Gasteiger charge is -1.85. The molecule has 0 unspecified atom stereocenters. The Hall–Kier alpha value is -1.29. The fraction of sp³-hybridized carbons (Fsp3) is 0. The number of carbonyl (C=O) groups excluding carboxylic acids is 1. The molecule has 0 radical (unpaired) electrons. The summed E-state index contributed by atoms with van der Waals surface area (Å²) in [6.45, 7) is 0. The number of amides is 2. The largest absolute Gasteiger partial charge is 0.367 e. The third-order valence-electron chi connectivity index (χ3n) is 1.33. The number of rotatable bonds is 1. The van der Waals surface area contributed by atoms with Gasteiger partial charge < -0.3 is 0 Å². The van der Waals surface area contributed by atoms with Gasteiger partial charge in [-0.3, -0.25) is 0 Å². The molecule has 54 valence electrons. The summed E-state index contributed by atoms with van der Waals surface area (Å²) in [4.78, 5) is 17.8. The summed E-state index contributed by atoms with van der Waals surface area (Å²) >= 11 is 1.57. The first-order chi connectivity index (χ1) is 5.36. The fourth-order valence-electron chi connectivity index (χ4n) is 0.826. The van der Waals surface area contributed by atoms with Crippen molar-refractivity contribution in [3.63, 3.8) is 0 Å². The number of nitrogens with zero attached hydrogens (tertiary/aromatic N) is 2. The van der Waals surface area contributed by atoms with Crippen LogP contribution in [-0.4, -0.2) is 18.0 Å². The van der Waals surface area contributed by atoms with Crippen molar-refractivity contribution in [3.05, 3.63) is 22.4 Å². The van der Waals surface area contributed by atoms with Crippen molar-refractivity contribution in [2.24, 2.45) is 9.98 Å². The molecule has 0 fully saturated rings. The number of hydrogen-bond acceptors (Lipinski definition) is 2. The van der Waals surface area contributed by atoms with Gasteiger partial charge in [0.2, 0.25) is 0 Å². The van der Waals surface area contributed by atoms with Crippen LogP contribution in [0.15, 0.2) is 26.8 Å². The second-order valence-corrected chi connectivity index (χ2v) is 2.83. The van der Waals surface area contributed by atoms with Crippen LogP contribution in [-0.2, 0) is 0 Å². The Morgan fingerprint density at radius 3 is 2.91 bits per heavy atom. The monoisotopic (exact) mass is 164 g/mol. The predicted molar refractivity (Wildman–Crippen MR) is 44.7 cm³/mol. The van der Waals surface area contributed by atoms with Gasteiger partial charge in [-0.05, 0) is 11.4 Å². The van der Waals surface area contributed by atoms with Crippen LogP contribution >= 0.6 is 11.3 Å². The van der Waals surface area contributed by atoms with E-state index in [1.54, 1.807) is 11.3 Å². The maximum Gasteiger partial charge on any atom is 0.367 e. The van der Waals surface area contributed by atoms with Gasteiger partial charge in [0.15, 0.2) is 0 Å². The number of aliphatic imine (C=N–C) groups is 2. The molecule has 1 aliphatic rings. The molecule has 0 spiro atoms. The number of carbonyl (C=O) groups is 1. The zero-order chi connectivity index (χ0) is 7.68. The van der Waals surface area contributed by atoms with Gasteiger partial charge in [-0.15, -0.1) is 0 Å². The molecule has 2 rings (SSSR count). The molecule has 0 saturated heterocycles. The summed E-state index contributed by atoms with van der Waals surface area (Å²) < 4.78 is 0. The summed E-state index contributed by atoms with van der Waals surface area (Å²) in [6.07, 6.45) is 1.49. The molecule has 0 saturated carbocycles. The van der Waals surface area contributed by atoms with Crippen molar-refractivity contribution >= 4 is 29.3 Å². The maximum atomic E-state index is 10.6. The lowest BCUT2D eigenvalue weighted by molar-refractivity contribution is 0.257. The van der Waals surface area contributed by atoms with E-state index in [-0.39, 0.29) is 0 Å². The molecule has 1 aromatic rings. The minimum Gasteiger partial charge on any atom is -0.244 e. The fourth-order valence-corrected chi connectivity index (χ4v) is 1.48. The van der Waals surface area contributed by atoms with E-state index >= 15 is 0 Å². The standard InChI is InChI=1S/C7H4N2OS/c10-7-8-3-6(9-7)5-1-2-11-4-5/h1-4H. The Kier molecular flexibility index (Phi) is 1.40. The van der Waals surface area contributed by atoms with E-state index in [1.165, 1.54) is 6.21 Å². The van der Waals surface area contributed by atoms with E-state index in [9.17, 15) is 4.79 Å². The highest BCUT2D eigenvalue weighted by Crippen LogP contribution is 2.09. The zero-order valence-electron chi connectivity index (χ0n) is 5.52. The van der Waals surface area contributed by atoms with Crippen molar-refractivity contribution in [3.8, 4) is 0 Å². The molecule has 0 N–H and O–H groups in total. The van der Waals surface area contributed by atoms with Gasteiger partial charge in [-0.1, -0.05) is 0 Å². The van der Waals surface area contributed by atoms with Gasteiger partial charge in [0, 0.05) is 10.9 Å². The van der Waals surface area contributed by atoms with Crippen LogP contribution in [0.5, 0.6) is 0 Å². The lowest BCUT2D eigenvalue weighted by Crippen LogP contribution is -1.95. The molecule has 0 atom stereocenters. The van der Waals surface area contributed by atoms with Crippen molar-refractivity contribution in [1.82, 2.24) is 0 Å². The summed E-state index contributed by atoms with van der Waals surface area (Å²) in [5.74, 6) is 0. The van der Waals surface area contributed by atoms with Gasteiger partial charge in [-0.2, -0.15) is 21.3 Å². The summed E-state index contributed by atoms with van der Waals surface area (Å²) in [5.41, 5.74) is 1.63. The van der Waals surface area contributed by atoms with Gasteiger partial charge in [0.05, 0.1) is 11.9 Å². The van der Waals surface area contributed by atoms with Crippen LogP contribution in [0.2, 0.25) is 0 Å². The zero-order valence-corrected chi connectivity index (χ0v) is 6.34. The van der Waals surface area contributed by atoms with E-state index < -0.39 is 6.03 Å². The third kappa shape index (κ3) is 1.12. The van der Waals surface area contributed by atoms with Crippen molar-refractivity contribution in [1.29, 1.82) is 0 Å². The highest BCUT2D eigenvalue weighted by atomic mass is 32.1. The van der Waals surface area contributed by atoms with Crippen LogP contribution < -0.4 is 0 Å². The quantitative estimate of drug-likeness (QED) is 0.623. The molecule has 0 bridgehead atoms. The van der Waals surface area contributed by atoms with Crippen LogP contribution in [0.3, 0.4) is 0 Å². The molecular formula is C7H4N2OS. The Morgan fingerprint density at radius 1 is 1.45 bits per heavy atom. The van der Waals surface area contributed by atoms with E-state index in [1.807, 2.05) is 16.8 Å². The first kappa shape index (κ1) is 6.42. The molecule has 2 heterocycles. The predicted octanol–water partition coefficient (Wildman–Crippen LogP) is 1.74. The Labute approximate surface area is 67.1 Å². The molecule has 3 nitrogen and oxygen atoms in total. The number of hydrogen-bond donors (Lipinski definition) is 0. The van der Waals surface area contributed by atoms with Gasteiger partial charge in [-0.25, -0.2) is 4.79 Å². The minimum absolute atomic E-state index is 0.411. The molecule has 1 aliphatic heterocycles. The Morgan fingerprint density at radius 2 is 2.36 bits per heavy atom. The molecular weight excluding hydrogens is 160 g/mol. The van der Waals surface area contributed by atoms with E-state index in [2.05, 4.69) is 9.98 Å². The van der Waals surface area contributed by atoms with Gasteiger partial charge in [0.1, 0.15) is 0 Å². The first-order valence-electron chi connectivity index (χ1n) is 3.05. The molecule has 2 amide bonds. The Bertz CT molecular complexity index is 337. The third-order valence-corrected chi connectivity index (χ3v) is 2.01. The van der Waals surface area contributed by atoms with Crippen LogP contribution in [0.25, 0.3) is 0 Å². The number of urea groups is 1. The second kappa shape index (κ2) is 2.39. The molecule has 0 aromatic carbocycles. The summed E-state index contributed by atoms with van der Waals surface area (Å²) in [5, 5.41) is 3.87. The van der Waals surface area contributed by atoms with Crippen molar-refractivity contribution in [2.45, 2.75) is 0 Å². The maximum absolute atomic E-state index is 10.6. The smallest absolute Gasteiger partial charge is 0.244 e. The van der Waals surface area contributed by atoms with E-state index in [0.29, 0.717) is 5.71 Å². The van der Waals surface area contributed by atoms with Crippen molar-refractivity contribution in [2.75, 3.05) is 0 Å². The van der Waals surface area contributed by atoms with Gasteiger partial charge in [0.25, 0.3) is 0 Å². The summed E-state index contributed by atoms with van der Waals surface area (Å²) in [6, 6.07) is 1.50. The SMILES string of the molecule is O=C1N=CC(c2ccsc2)=N1. The van der Waals surface area contributed by atoms with E-state index in [0.717, 1.165) is 5.56 Å².